The van der Waals surface area contributed by atoms with E-state index < -0.39 is 6.04 Å². The van der Waals surface area contributed by atoms with Gasteiger partial charge in [0.2, 0.25) is 11.8 Å². The molecule has 29 heavy (non-hydrogen) atoms. The monoisotopic (exact) mass is 396 g/mol. The second kappa shape index (κ2) is 9.68. The van der Waals surface area contributed by atoms with Gasteiger partial charge < -0.3 is 10.2 Å². The maximum absolute atomic E-state index is 14.3. The van der Waals surface area contributed by atoms with Gasteiger partial charge in [0.05, 0.1) is 6.42 Å². The predicted octanol–water partition coefficient (Wildman–Crippen LogP) is 4.15. The van der Waals surface area contributed by atoms with E-state index in [9.17, 15) is 14.0 Å². The average Bonchev–Trinajstić information content (AvgIpc) is 3.21. The van der Waals surface area contributed by atoms with Gasteiger partial charge in [-0.25, -0.2) is 4.39 Å². The SMILES string of the molecule is Cc1ccccc1CC(=O)N(Cc1ccccc1F)[C@@H](C)C(=O)NC1CCCC1. The maximum Gasteiger partial charge on any atom is 0.242 e. The lowest BCUT2D eigenvalue weighted by Crippen LogP contribution is -2.50. The van der Waals surface area contributed by atoms with E-state index in [4.69, 9.17) is 0 Å². The first-order chi connectivity index (χ1) is 14.0. The molecule has 2 aromatic rings. The lowest BCUT2D eigenvalue weighted by Gasteiger charge is -2.30. The van der Waals surface area contributed by atoms with E-state index in [0.29, 0.717) is 5.56 Å². The van der Waals surface area contributed by atoms with Crippen LogP contribution in [0.25, 0.3) is 0 Å². The van der Waals surface area contributed by atoms with Crippen LogP contribution in [0.5, 0.6) is 0 Å². The number of amides is 2. The molecule has 2 aromatic carbocycles. The van der Waals surface area contributed by atoms with Crippen LogP contribution in [-0.2, 0) is 22.6 Å². The molecule has 0 aromatic heterocycles. The van der Waals surface area contributed by atoms with Crippen LogP contribution < -0.4 is 5.32 Å². The number of carbonyl (C=O) groups excluding carboxylic acids is 2. The first-order valence-electron chi connectivity index (χ1n) is 10.3. The van der Waals surface area contributed by atoms with Crippen molar-refractivity contribution < 1.29 is 14.0 Å². The zero-order valence-corrected chi connectivity index (χ0v) is 17.2. The molecule has 5 heteroatoms. The van der Waals surface area contributed by atoms with Gasteiger partial charge in [-0.1, -0.05) is 55.3 Å². The Labute approximate surface area is 172 Å². The van der Waals surface area contributed by atoms with Crippen LogP contribution in [-0.4, -0.2) is 28.8 Å². The zero-order valence-electron chi connectivity index (χ0n) is 17.2. The normalized spacial score (nSPS) is 15.1. The Morgan fingerprint density at radius 2 is 1.69 bits per heavy atom. The number of rotatable bonds is 7. The number of hydrogen-bond donors (Lipinski definition) is 1. The van der Waals surface area contributed by atoms with Crippen molar-refractivity contribution in [1.29, 1.82) is 0 Å². The molecule has 1 aliphatic carbocycles. The molecule has 1 fully saturated rings. The van der Waals surface area contributed by atoms with Gasteiger partial charge in [-0.15, -0.1) is 0 Å². The molecule has 0 bridgehead atoms. The van der Waals surface area contributed by atoms with Gasteiger partial charge in [0.1, 0.15) is 11.9 Å². The molecule has 154 valence electrons. The molecule has 0 saturated heterocycles. The summed E-state index contributed by atoms with van der Waals surface area (Å²) in [4.78, 5) is 27.5. The molecule has 1 aliphatic rings. The van der Waals surface area contributed by atoms with Crippen LogP contribution in [0.4, 0.5) is 4.39 Å². The van der Waals surface area contributed by atoms with Gasteiger partial charge in [-0.2, -0.15) is 0 Å². The largest absolute Gasteiger partial charge is 0.352 e. The van der Waals surface area contributed by atoms with Crippen LogP contribution in [0.15, 0.2) is 48.5 Å². The Kier molecular flexibility index (Phi) is 7.02. The third-order valence-electron chi connectivity index (χ3n) is 5.77. The molecule has 0 spiro atoms. The van der Waals surface area contributed by atoms with Gasteiger partial charge in [-0.05, 0) is 43.9 Å². The number of carbonyl (C=O) groups is 2. The van der Waals surface area contributed by atoms with E-state index in [2.05, 4.69) is 5.32 Å². The van der Waals surface area contributed by atoms with Crippen molar-refractivity contribution in [3.63, 3.8) is 0 Å². The third kappa shape index (κ3) is 5.43. The summed E-state index contributed by atoms with van der Waals surface area (Å²) in [7, 11) is 0. The molecule has 1 atom stereocenters. The van der Waals surface area contributed by atoms with Gasteiger partial charge in [0.15, 0.2) is 0 Å². The topological polar surface area (TPSA) is 49.4 Å². The lowest BCUT2D eigenvalue weighted by molar-refractivity contribution is -0.140. The Morgan fingerprint density at radius 1 is 1.07 bits per heavy atom. The summed E-state index contributed by atoms with van der Waals surface area (Å²) < 4.78 is 14.3. The Bertz CT molecular complexity index is 861. The van der Waals surface area contributed by atoms with Gasteiger partial charge in [0.25, 0.3) is 0 Å². The van der Waals surface area contributed by atoms with E-state index in [1.165, 1.54) is 11.0 Å². The lowest BCUT2D eigenvalue weighted by atomic mass is 10.0. The van der Waals surface area contributed by atoms with Crippen molar-refractivity contribution in [3.8, 4) is 0 Å². The summed E-state index contributed by atoms with van der Waals surface area (Å²) in [6.07, 6.45) is 4.36. The van der Waals surface area contributed by atoms with Crippen molar-refractivity contribution in [2.24, 2.45) is 0 Å². The van der Waals surface area contributed by atoms with Crippen molar-refractivity contribution in [2.45, 2.75) is 64.6 Å². The number of aryl methyl sites for hydroxylation is 1. The van der Waals surface area contributed by atoms with Crippen LogP contribution in [0.1, 0.15) is 49.3 Å². The first-order valence-corrected chi connectivity index (χ1v) is 10.3. The number of nitrogens with zero attached hydrogens (tertiary/aromatic N) is 1. The summed E-state index contributed by atoms with van der Waals surface area (Å²) in [5.74, 6) is -0.729. The summed E-state index contributed by atoms with van der Waals surface area (Å²) in [5.41, 5.74) is 2.35. The third-order valence-corrected chi connectivity index (χ3v) is 5.77. The summed E-state index contributed by atoms with van der Waals surface area (Å²) in [5, 5.41) is 3.06. The fourth-order valence-corrected chi connectivity index (χ4v) is 3.86. The minimum atomic E-state index is -0.674. The van der Waals surface area contributed by atoms with Crippen LogP contribution >= 0.6 is 0 Å². The number of nitrogens with one attached hydrogen (secondary N) is 1. The fraction of sp³-hybridized carbons (Fsp3) is 0.417. The molecular weight excluding hydrogens is 367 g/mol. The number of hydrogen-bond acceptors (Lipinski definition) is 2. The quantitative estimate of drug-likeness (QED) is 0.764. The minimum Gasteiger partial charge on any atom is -0.352 e. The molecule has 0 heterocycles. The van der Waals surface area contributed by atoms with E-state index >= 15 is 0 Å². The summed E-state index contributed by atoms with van der Waals surface area (Å²) in [6, 6.07) is 13.6. The smallest absolute Gasteiger partial charge is 0.242 e. The zero-order chi connectivity index (χ0) is 20.8. The Hall–Kier alpha value is -2.69. The molecule has 1 N–H and O–H groups in total. The van der Waals surface area contributed by atoms with Crippen molar-refractivity contribution in [2.75, 3.05) is 0 Å². The van der Waals surface area contributed by atoms with E-state index in [0.717, 1.165) is 36.8 Å². The number of benzene rings is 2. The van der Waals surface area contributed by atoms with Crippen LogP contribution in [0.3, 0.4) is 0 Å². The molecule has 3 rings (SSSR count). The van der Waals surface area contributed by atoms with E-state index in [-0.39, 0.29) is 36.6 Å². The maximum atomic E-state index is 14.3. The van der Waals surface area contributed by atoms with E-state index in [1.807, 2.05) is 31.2 Å². The molecule has 4 nitrogen and oxygen atoms in total. The summed E-state index contributed by atoms with van der Waals surface area (Å²) in [6.45, 7) is 3.75. The van der Waals surface area contributed by atoms with Gasteiger partial charge in [-0.3, -0.25) is 9.59 Å². The Balaban J connectivity index is 1.80. The van der Waals surface area contributed by atoms with Gasteiger partial charge in [0, 0.05) is 18.2 Å². The summed E-state index contributed by atoms with van der Waals surface area (Å²) >= 11 is 0. The van der Waals surface area contributed by atoms with E-state index in [1.54, 1.807) is 25.1 Å². The second-order valence-electron chi connectivity index (χ2n) is 7.88. The van der Waals surface area contributed by atoms with Gasteiger partial charge >= 0.3 is 0 Å². The predicted molar refractivity (Wildman–Crippen MR) is 112 cm³/mol. The van der Waals surface area contributed by atoms with Crippen molar-refractivity contribution in [1.82, 2.24) is 10.2 Å². The highest BCUT2D eigenvalue weighted by Crippen LogP contribution is 2.19. The van der Waals surface area contributed by atoms with Crippen molar-refractivity contribution >= 4 is 11.8 Å². The number of halogens is 1. The molecule has 0 unspecified atom stereocenters. The molecule has 0 aliphatic heterocycles. The molecule has 2 amide bonds. The van der Waals surface area contributed by atoms with Crippen LogP contribution in [0, 0.1) is 12.7 Å². The average molecular weight is 397 g/mol. The fourth-order valence-electron chi connectivity index (χ4n) is 3.86. The highest BCUT2D eigenvalue weighted by molar-refractivity contribution is 5.88. The highest BCUT2D eigenvalue weighted by Gasteiger charge is 2.29. The second-order valence-corrected chi connectivity index (χ2v) is 7.88. The highest BCUT2D eigenvalue weighted by atomic mass is 19.1. The minimum absolute atomic E-state index is 0.0661. The molecular formula is C24H29FN2O2. The molecule has 0 radical (unpaired) electrons. The standard InChI is InChI=1S/C24H29FN2O2/c1-17-9-3-4-10-19(17)15-23(28)27(16-20-11-5-8-14-22(20)25)18(2)24(29)26-21-12-6-7-13-21/h3-5,8-11,14,18,21H,6-7,12-13,15-16H2,1-2H3,(H,26,29)/t18-/m0/s1. The van der Waals surface area contributed by atoms with Crippen LogP contribution in [0.2, 0.25) is 0 Å². The van der Waals surface area contributed by atoms with Crippen molar-refractivity contribution in [3.05, 3.63) is 71.0 Å². The molecule has 1 saturated carbocycles. The Morgan fingerprint density at radius 3 is 2.34 bits per heavy atom. The first kappa shape index (κ1) is 21.0.